The Balaban J connectivity index is 2.18. The van der Waals surface area contributed by atoms with Crippen molar-refractivity contribution < 1.29 is 23.7 Å². The highest BCUT2D eigenvalue weighted by Crippen LogP contribution is 2.32. The van der Waals surface area contributed by atoms with E-state index in [0.29, 0.717) is 16.1 Å². The van der Waals surface area contributed by atoms with Gasteiger partial charge < -0.3 is 15.8 Å². The molecule has 0 aliphatic rings. The molecule has 7 nitrogen and oxygen atoms in total. The van der Waals surface area contributed by atoms with Crippen LogP contribution in [0.5, 0.6) is 0 Å². The molecule has 0 saturated heterocycles. The zero-order valence-electron chi connectivity index (χ0n) is 14.3. The summed E-state index contributed by atoms with van der Waals surface area (Å²) >= 11 is 1.33. The number of hydrogen-bond donors (Lipinski definition) is 2. The van der Waals surface area contributed by atoms with Crippen LogP contribution in [-0.2, 0) is 16.1 Å². The second kappa shape index (κ2) is 7.89. The fraction of sp³-hybridized carbons (Fsp3) is 0.294. The normalized spacial score (nSPS) is 10.4. The fourth-order valence-electron chi connectivity index (χ4n) is 2.26. The van der Waals surface area contributed by atoms with Gasteiger partial charge in [0.1, 0.15) is 10.6 Å². The molecule has 0 unspecified atom stereocenters. The second-order valence-electron chi connectivity index (χ2n) is 5.39. The van der Waals surface area contributed by atoms with Gasteiger partial charge in [-0.3, -0.25) is 9.59 Å². The third-order valence-corrected chi connectivity index (χ3v) is 4.71. The Morgan fingerprint density at radius 3 is 2.68 bits per heavy atom. The standard InChI is InChI=1S/C17H19N3O4S/c1-4-24-17(23)14-10(2)11(3)25-16(14)19-13(21)9-20-7-5-6-12(8-20)15(18)22/h5-8H,4,9H2,1-3H3,(H2-,18,19,21,22,23)/p+1. The minimum atomic E-state index is -0.566. The van der Waals surface area contributed by atoms with Crippen LogP contribution in [0.4, 0.5) is 5.00 Å². The predicted molar refractivity (Wildman–Crippen MR) is 93.5 cm³/mol. The number of rotatable bonds is 6. The number of nitrogens with zero attached hydrogens (tertiary/aromatic N) is 1. The Bertz CT molecular complexity index is 829. The van der Waals surface area contributed by atoms with Crippen molar-refractivity contribution in [3.63, 3.8) is 0 Å². The number of nitrogens with one attached hydrogen (secondary N) is 1. The number of thiophene rings is 1. The molecule has 3 N–H and O–H groups in total. The average Bonchev–Trinajstić information content (AvgIpc) is 2.81. The first-order chi connectivity index (χ1) is 11.8. The van der Waals surface area contributed by atoms with Gasteiger partial charge in [0.05, 0.1) is 12.2 Å². The quantitative estimate of drug-likeness (QED) is 0.601. The lowest BCUT2D eigenvalue weighted by atomic mass is 10.1. The van der Waals surface area contributed by atoms with Crippen molar-refractivity contribution in [3.8, 4) is 0 Å². The van der Waals surface area contributed by atoms with Crippen molar-refractivity contribution in [2.75, 3.05) is 11.9 Å². The van der Waals surface area contributed by atoms with Crippen LogP contribution in [0.2, 0.25) is 0 Å². The van der Waals surface area contributed by atoms with Crippen LogP contribution in [0.15, 0.2) is 24.5 Å². The van der Waals surface area contributed by atoms with Gasteiger partial charge >= 0.3 is 5.97 Å². The topological polar surface area (TPSA) is 102 Å². The SMILES string of the molecule is CCOC(=O)c1c(NC(=O)C[n+]2cccc(C(N)=O)c2)sc(C)c1C. The van der Waals surface area contributed by atoms with Gasteiger partial charge in [0.2, 0.25) is 6.54 Å². The summed E-state index contributed by atoms with van der Waals surface area (Å²) in [4.78, 5) is 36.6. The monoisotopic (exact) mass is 362 g/mol. The van der Waals surface area contributed by atoms with Crippen LogP contribution in [0, 0.1) is 13.8 Å². The van der Waals surface area contributed by atoms with Gasteiger partial charge in [-0.1, -0.05) is 0 Å². The van der Waals surface area contributed by atoms with Gasteiger partial charge in [-0.2, -0.15) is 4.57 Å². The van der Waals surface area contributed by atoms with E-state index >= 15 is 0 Å². The molecule has 132 valence electrons. The average molecular weight is 362 g/mol. The lowest BCUT2D eigenvalue weighted by molar-refractivity contribution is -0.684. The highest BCUT2D eigenvalue weighted by atomic mass is 32.1. The first-order valence-corrected chi connectivity index (χ1v) is 8.51. The van der Waals surface area contributed by atoms with E-state index in [0.717, 1.165) is 10.4 Å². The molecule has 0 aliphatic heterocycles. The maximum Gasteiger partial charge on any atom is 0.341 e. The van der Waals surface area contributed by atoms with Gasteiger partial charge in [-0.05, 0) is 32.4 Å². The number of esters is 1. The number of primary amides is 1. The molecule has 2 rings (SSSR count). The molecule has 0 radical (unpaired) electrons. The Morgan fingerprint density at radius 2 is 2.04 bits per heavy atom. The minimum absolute atomic E-state index is 0.0145. The van der Waals surface area contributed by atoms with Crippen molar-refractivity contribution in [1.29, 1.82) is 0 Å². The van der Waals surface area contributed by atoms with Crippen molar-refractivity contribution in [2.45, 2.75) is 27.3 Å². The van der Waals surface area contributed by atoms with E-state index in [-0.39, 0.29) is 19.1 Å². The molecule has 25 heavy (non-hydrogen) atoms. The first kappa shape index (κ1) is 18.6. The van der Waals surface area contributed by atoms with Crippen LogP contribution >= 0.6 is 11.3 Å². The zero-order valence-corrected chi connectivity index (χ0v) is 15.1. The molecule has 0 bridgehead atoms. The van der Waals surface area contributed by atoms with Gasteiger partial charge in [-0.15, -0.1) is 11.3 Å². The van der Waals surface area contributed by atoms with Crippen molar-refractivity contribution >= 4 is 34.1 Å². The van der Waals surface area contributed by atoms with Gasteiger partial charge in [0, 0.05) is 10.9 Å². The Hall–Kier alpha value is -2.74. The molecule has 0 atom stereocenters. The van der Waals surface area contributed by atoms with Gasteiger partial charge in [-0.25, -0.2) is 4.79 Å². The maximum atomic E-state index is 12.3. The fourth-order valence-corrected chi connectivity index (χ4v) is 3.33. The Labute approximate surface area is 149 Å². The molecule has 0 aromatic carbocycles. The summed E-state index contributed by atoms with van der Waals surface area (Å²) in [6, 6.07) is 3.21. The largest absolute Gasteiger partial charge is 0.462 e. The summed E-state index contributed by atoms with van der Waals surface area (Å²) in [5.74, 6) is -1.34. The zero-order chi connectivity index (χ0) is 18.6. The number of nitrogens with two attached hydrogens (primary N) is 1. The van der Waals surface area contributed by atoms with E-state index in [4.69, 9.17) is 10.5 Å². The number of amides is 2. The van der Waals surface area contributed by atoms with Crippen LogP contribution in [0.3, 0.4) is 0 Å². The van der Waals surface area contributed by atoms with Crippen molar-refractivity contribution in [2.24, 2.45) is 5.73 Å². The molecule has 2 amide bonds. The molecule has 2 aromatic rings. The molecule has 8 heteroatoms. The predicted octanol–water partition coefficient (Wildman–Crippen LogP) is 1.57. The lowest BCUT2D eigenvalue weighted by Gasteiger charge is -2.06. The molecule has 0 aliphatic carbocycles. The number of pyridine rings is 1. The van der Waals surface area contributed by atoms with Crippen LogP contribution < -0.4 is 15.6 Å². The molecule has 2 heterocycles. The summed E-state index contributed by atoms with van der Waals surface area (Å²) in [5, 5.41) is 3.21. The van der Waals surface area contributed by atoms with Gasteiger partial charge in [0.25, 0.3) is 11.8 Å². The summed E-state index contributed by atoms with van der Waals surface area (Å²) in [6.45, 7) is 5.67. The summed E-state index contributed by atoms with van der Waals surface area (Å²) in [6.07, 6.45) is 3.16. The molecule has 0 spiro atoms. The van der Waals surface area contributed by atoms with Crippen molar-refractivity contribution in [1.82, 2.24) is 0 Å². The van der Waals surface area contributed by atoms with E-state index in [9.17, 15) is 14.4 Å². The van der Waals surface area contributed by atoms with Crippen LogP contribution in [0.25, 0.3) is 0 Å². The lowest BCUT2D eigenvalue weighted by Crippen LogP contribution is -2.40. The Morgan fingerprint density at radius 1 is 1.32 bits per heavy atom. The molecule has 0 fully saturated rings. The third kappa shape index (κ3) is 4.42. The molecule has 2 aromatic heterocycles. The number of ether oxygens (including phenoxy) is 1. The summed E-state index contributed by atoms with van der Waals surface area (Å²) in [5.41, 5.74) is 6.72. The highest BCUT2D eigenvalue weighted by Gasteiger charge is 2.23. The van der Waals surface area contributed by atoms with Crippen molar-refractivity contribution in [3.05, 3.63) is 46.1 Å². The number of hydrogen-bond acceptors (Lipinski definition) is 5. The minimum Gasteiger partial charge on any atom is -0.462 e. The molecular weight excluding hydrogens is 342 g/mol. The van der Waals surface area contributed by atoms with E-state index in [2.05, 4.69) is 5.32 Å². The van der Waals surface area contributed by atoms with E-state index < -0.39 is 11.9 Å². The second-order valence-corrected chi connectivity index (χ2v) is 6.61. The summed E-state index contributed by atoms with van der Waals surface area (Å²) in [7, 11) is 0. The number of carbonyl (C=O) groups excluding carboxylic acids is 3. The molecule has 0 saturated carbocycles. The maximum absolute atomic E-state index is 12.3. The summed E-state index contributed by atoms with van der Waals surface area (Å²) < 4.78 is 6.61. The number of anilines is 1. The Kier molecular flexibility index (Phi) is 5.87. The van der Waals surface area contributed by atoms with Gasteiger partial charge in [0.15, 0.2) is 12.4 Å². The number of carbonyl (C=O) groups is 3. The highest BCUT2D eigenvalue weighted by molar-refractivity contribution is 7.16. The van der Waals surface area contributed by atoms with Crippen LogP contribution in [-0.4, -0.2) is 24.4 Å². The first-order valence-electron chi connectivity index (χ1n) is 7.69. The number of aromatic nitrogens is 1. The molecular formula is C17H20N3O4S+. The van der Waals surface area contributed by atoms with Crippen LogP contribution in [0.1, 0.15) is 38.1 Å². The number of aryl methyl sites for hydroxylation is 1. The van der Waals surface area contributed by atoms with E-state index in [1.807, 2.05) is 13.8 Å². The smallest absolute Gasteiger partial charge is 0.341 e. The van der Waals surface area contributed by atoms with E-state index in [1.54, 1.807) is 29.8 Å². The van der Waals surface area contributed by atoms with E-state index in [1.165, 1.54) is 17.5 Å². The third-order valence-electron chi connectivity index (χ3n) is 3.59.